The molecule has 30 heavy (non-hydrogen) atoms. The van der Waals surface area contributed by atoms with Gasteiger partial charge in [-0.25, -0.2) is 17.6 Å². The molecule has 2 N–H and O–H groups in total. The molecule has 0 amide bonds. The molecule has 1 aliphatic heterocycles. The van der Waals surface area contributed by atoms with E-state index < -0.39 is 41.1 Å². The van der Waals surface area contributed by atoms with E-state index in [4.69, 9.17) is 4.74 Å². The summed E-state index contributed by atoms with van der Waals surface area (Å²) >= 11 is 0. The summed E-state index contributed by atoms with van der Waals surface area (Å²) < 4.78 is 61.0. The number of benzene rings is 2. The van der Waals surface area contributed by atoms with E-state index in [0.29, 0.717) is 25.0 Å². The maximum absolute atomic E-state index is 14.4. The molecule has 4 nitrogen and oxygen atoms in total. The Morgan fingerprint density at radius 3 is 2.20 bits per heavy atom. The molecule has 1 fully saturated rings. The predicted molar refractivity (Wildman–Crippen MR) is 102 cm³/mol. The Labute approximate surface area is 171 Å². The largest absolute Gasteiger partial charge is 0.481 e. The zero-order valence-electron chi connectivity index (χ0n) is 16.2. The van der Waals surface area contributed by atoms with Crippen molar-refractivity contribution >= 4 is 5.97 Å². The minimum Gasteiger partial charge on any atom is -0.481 e. The van der Waals surface area contributed by atoms with Crippen LogP contribution >= 0.6 is 0 Å². The van der Waals surface area contributed by atoms with Gasteiger partial charge in [0.1, 0.15) is 23.3 Å². The maximum Gasteiger partial charge on any atom is 0.308 e. The molecule has 0 spiro atoms. The fourth-order valence-corrected chi connectivity index (χ4v) is 3.88. The van der Waals surface area contributed by atoms with Crippen molar-refractivity contribution in [1.82, 2.24) is 5.32 Å². The van der Waals surface area contributed by atoms with Crippen molar-refractivity contribution in [1.29, 1.82) is 0 Å². The topological polar surface area (TPSA) is 58.6 Å². The molecule has 0 bridgehead atoms. The summed E-state index contributed by atoms with van der Waals surface area (Å²) in [5, 5.41) is 12.5. The zero-order valence-corrected chi connectivity index (χ0v) is 16.2. The van der Waals surface area contributed by atoms with Crippen LogP contribution in [0.4, 0.5) is 17.6 Å². The van der Waals surface area contributed by atoms with Crippen LogP contribution in [-0.2, 0) is 9.53 Å². The minimum absolute atomic E-state index is 0.0288. The van der Waals surface area contributed by atoms with Crippen molar-refractivity contribution in [3.63, 3.8) is 0 Å². The Hall–Kier alpha value is -2.45. The van der Waals surface area contributed by atoms with E-state index in [1.54, 1.807) is 0 Å². The molecule has 1 saturated heterocycles. The molecule has 1 heterocycles. The van der Waals surface area contributed by atoms with Gasteiger partial charge in [-0.05, 0) is 49.1 Å². The molecule has 2 atom stereocenters. The highest BCUT2D eigenvalue weighted by atomic mass is 19.1. The number of aliphatic carboxylic acids is 1. The lowest BCUT2D eigenvalue weighted by Crippen LogP contribution is -2.45. The lowest BCUT2D eigenvalue weighted by atomic mass is 9.89. The van der Waals surface area contributed by atoms with Crippen LogP contribution in [0.2, 0.25) is 0 Å². The van der Waals surface area contributed by atoms with Crippen molar-refractivity contribution in [2.75, 3.05) is 19.8 Å². The number of ether oxygens (including phenoxy) is 1. The minimum atomic E-state index is -0.916. The average Bonchev–Trinajstić information content (AvgIpc) is 2.70. The zero-order chi connectivity index (χ0) is 21.7. The van der Waals surface area contributed by atoms with Crippen LogP contribution in [-0.4, -0.2) is 36.9 Å². The van der Waals surface area contributed by atoms with Crippen LogP contribution in [0.5, 0.6) is 0 Å². The Bertz CT molecular complexity index is 841. The third-order valence-corrected chi connectivity index (χ3v) is 5.43. The summed E-state index contributed by atoms with van der Waals surface area (Å²) in [5.41, 5.74) is 0.0576. The fraction of sp³-hybridized carbons (Fsp3) is 0.409. The van der Waals surface area contributed by atoms with Gasteiger partial charge >= 0.3 is 5.97 Å². The number of carbonyl (C=O) groups is 1. The van der Waals surface area contributed by atoms with E-state index in [9.17, 15) is 27.5 Å². The van der Waals surface area contributed by atoms with Crippen LogP contribution in [0.25, 0.3) is 0 Å². The van der Waals surface area contributed by atoms with Gasteiger partial charge in [-0.3, -0.25) is 4.79 Å². The molecule has 1 aliphatic rings. The Balaban J connectivity index is 1.72. The van der Waals surface area contributed by atoms with Crippen molar-refractivity contribution in [2.24, 2.45) is 5.92 Å². The number of piperidine rings is 1. The van der Waals surface area contributed by atoms with E-state index in [2.05, 4.69) is 5.32 Å². The molecule has 8 heteroatoms. The quantitative estimate of drug-likeness (QED) is 0.491. The Kier molecular flexibility index (Phi) is 7.44. The van der Waals surface area contributed by atoms with Crippen LogP contribution in [0.3, 0.4) is 0 Å². The summed E-state index contributed by atoms with van der Waals surface area (Å²) in [7, 11) is 0. The smallest absolute Gasteiger partial charge is 0.308 e. The number of carboxylic acid groups (broad SMARTS) is 1. The molecule has 2 aromatic carbocycles. The van der Waals surface area contributed by atoms with Crippen LogP contribution in [0, 0.1) is 29.2 Å². The van der Waals surface area contributed by atoms with Crippen LogP contribution < -0.4 is 5.32 Å². The SMILES string of the molecule is O=C(O)C1CCCNC1CCOCC(c1ccc(F)cc1F)c1ccc(F)cc1F. The molecular weight excluding hydrogens is 402 g/mol. The van der Waals surface area contributed by atoms with Crippen molar-refractivity contribution in [2.45, 2.75) is 31.2 Å². The second kappa shape index (κ2) is 10.0. The molecular formula is C22H23F4NO3. The molecule has 0 saturated carbocycles. The maximum atomic E-state index is 14.4. The number of hydrogen-bond donors (Lipinski definition) is 2. The fourth-order valence-electron chi connectivity index (χ4n) is 3.88. The van der Waals surface area contributed by atoms with Gasteiger partial charge < -0.3 is 15.2 Å². The molecule has 3 rings (SSSR count). The normalized spacial score (nSPS) is 19.2. The van der Waals surface area contributed by atoms with Crippen molar-refractivity contribution in [3.05, 3.63) is 70.8 Å². The van der Waals surface area contributed by atoms with Gasteiger partial charge in [0.05, 0.1) is 12.5 Å². The van der Waals surface area contributed by atoms with Gasteiger partial charge in [-0.15, -0.1) is 0 Å². The Morgan fingerprint density at radius 2 is 1.67 bits per heavy atom. The first-order valence-corrected chi connectivity index (χ1v) is 9.80. The van der Waals surface area contributed by atoms with E-state index >= 15 is 0 Å². The summed E-state index contributed by atoms with van der Waals surface area (Å²) in [5.74, 6) is -5.54. The highest BCUT2D eigenvalue weighted by Gasteiger charge is 2.30. The summed E-state index contributed by atoms with van der Waals surface area (Å²) in [6.45, 7) is 0.762. The van der Waals surface area contributed by atoms with Crippen molar-refractivity contribution in [3.8, 4) is 0 Å². The molecule has 0 aromatic heterocycles. The highest BCUT2D eigenvalue weighted by molar-refractivity contribution is 5.71. The summed E-state index contributed by atoms with van der Waals surface area (Å²) in [6.07, 6.45) is 1.78. The van der Waals surface area contributed by atoms with Gasteiger partial charge in [0.2, 0.25) is 0 Å². The monoisotopic (exact) mass is 425 g/mol. The van der Waals surface area contributed by atoms with Gasteiger partial charge in [0.15, 0.2) is 0 Å². The van der Waals surface area contributed by atoms with Gasteiger partial charge in [0.25, 0.3) is 0 Å². The van der Waals surface area contributed by atoms with E-state index in [0.717, 1.165) is 25.1 Å². The number of hydrogen-bond acceptors (Lipinski definition) is 3. The lowest BCUT2D eigenvalue weighted by molar-refractivity contribution is -0.143. The average molecular weight is 425 g/mol. The second-order valence-corrected chi connectivity index (χ2v) is 7.40. The summed E-state index contributed by atoms with van der Waals surface area (Å²) in [6, 6.07) is 5.71. The highest BCUT2D eigenvalue weighted by Crippen LogP contribution is 2.30. The van der Waals surface area contributed by atoms with E-state index in [1.807, 2.05) is 0 Å². The summed E-state index contributed by atoms with van der Waals surface area (Å²) in [4.78, 5) is 11.4. The van der Waals surface area contributed by atoms with Crippen molar-refractivity contribution < 1.29 is 32.2 Å². The molecule has 0 aliphatic carbocycles. The molecule has 2 unspecified atom stereocenters. The molecule has 162 valence electrons. The van der Waals surface area contributed by atoms with E-state index in [-0.39, 0.29) is 30.4 Å². The predicted octanol–water partition coefficient (Wildman–Crippen LogP) is 4.23. The van der Waals surface area contributed by atoms with Crippen LogP contribution in [0.15, 0.2) is 36.4 Å². The molecule has 2 aromatic rings. The second-order valence-electron chi connectivity index (χ2n) is 7.40. The van der Waals surface area contributed by atoms with Gasteiger partial charge in [0, 0.05) is 30.7 Å². The van der Waals surface area contributed by atoms with Crippen LogP contribution in [0.1, 0.15) is 36.3 Å². The number of nitrogens with one attached hydrogen (secondary N) is 1. The van der Waals surface area contributed by atoms with E-state index in [1.165, 1.54) is 12.1 Å². The van der Waals surface area contributed by atoms with Gasteiger partial charge in [-0.2, -0.15) is 0 Å². The standard InChI is InChI=1S/C22H23F4NO3/c23-13-3-5-15(19(25)10-13)18(16-6-4-14(24)11-20(16)26)12-30-9-7-21-17(22(28)29)2-1-8-27-21/h3-6,10-11,17-18,21,27H,1-2,7-9,12H2,(H,28,29). The Morgan fingerprint density at radius 1 is 1.07 bits per heavy atom. The first-order valence-electron chi connectivity index (χ1n) is 9.80. The number of rotatable bonds is 8. The first-order chi connectivity index (χ1) is 14.4. The van der Waals surface area contributed by atoms with Gasteiger partial charge in [-0.1, -0.05) is 12.1 Å². The number of carboxylic acids is 1. The first kappa shape index (κ1) is 22.2. The third kappa shape index (κ3) is 5.37. The lowest BCUT2D eigenvalue weighted by Gasteiger charge is -2.30. The number of halogens is 4. The third-order valence-electron chi connectivity index (χ3n) is 5.43. The molecule has 0 radical (unpaired) electrons.